The molecular weight excluding hydrogens is 278 g/mol. The van der Waals surface area contributed by atoms with Gasteiger partial charge in [0.25, 0.3) is 5.69 Å². The van der Waals surface area contributed by atoms with Crippen LogP contribution in [0.4, 0.5) is 11.4 Å². The van der Waals surface area contributed by atoms with Crippen LogP contribution < -0.4 is 5.32 Å². The van der Waals surface area contributed by atoms with Crippen molar-refractivity contribution in [1.82, 2.24) is 0 Å². The van der Waals surface area contributed by atoms with Crippen molar-refractivity contribution in [3.05, 3.63) is 34.4 Å². The van der Waals surface area contributed by atoms with Gasteiger partial charge in [-0.05, 0) is 24.3 Å². The summed E-state index contributed by atoms with van der Waals surface area (Å²) in [4.78, 5) is 26.7. The fourth-order valence-electron chi connectivity index (χ4n) is 2.13. The quantitative estimate of drug-likeness (QED) is 0.685. The number of nitrogens with one attached hydrogen (secondary N) is 1. The van der Waals surface area contributed by atoms with Crippen LogP contribution in [0.5, 0.6) is 0 Å². The predicted octanol–water partition coefficient (Wildman–Crippen LogP) is 2.56. The zero-order chi connectivity index (χ0) is 14.7. The van der Waals surface area contributed by atoms with E-state index in [9.17, 15) is 14.9 Å². The van der Waals surface area contributed by atoms with Crippen molar-refractivity contribution < 1.29 is 9.72 Å². The Kier molecular flexibility index (Phi) is 4.39. The van der Waals surface area contributed by atoms with Crippen molar-refractivity contribution in [3.8, 4) is 0 Å². The summed E-state index contributed by atoms with van der Waals surface area (Å²) in [6, 6.07) is 5.81. The molecule has 2 rings (SSSR count). The summed E-state index contributed by atoms with van der Waals surface area (Å²) in [7, 11) is 0. The molecule has 106 valence electrons. The fourth-order valence-corrected chi connectivity index (χ4v) is 2.93. The summed E-state index contributed by atoms with van der Waals surface area (Å²) in [6.45, 7) is 2.65. The number of rotatable bonds is 3. The maximum absolute atomic E-state index is 12.3. The van der Waals surface area contributed by atoms with Gasteiger partial charge in [0.15, 0.2) is 0 Å². The second kappa shape index (κ2) is 6.04. The smallest absolute Gasteiger partial charge is 0.269 e. The average molecular weight is 293 g/mol. The van der Waals surface area contributed by atoms with E-state index in [0.717, 1.165) is 5.04 Å². The number of nitrogens with zero attached hydrogens (tertiary/aromatic N) is 2. The Hall–Kier alpha value is -1.89. The summed E-state index contributed by atoms with van der Waals surface area (Å²) in [5.41, 5.74) is 0.559. The van der Waals surface area contributed by atoms with E-state index >= 15 is 0 Å². The van der Waals surface area contributed by atoms with E-state index in [1.165, 1.54) is 36.0 Å². The van der Waals surface area contributed by atoms with Crippen molar-refractivity contribution in [2.45, 2.75) is 6.92 Å². The molecule has 1 N–H and O–H groups in total. The molecule has 2 atom stereocenters. The number of aliphatic imine (C=N–C) groups is 1. The van der Waals surface area contributed by atoms with E-state index in [0.29, 0.717) is 12.2 Å². The van der Waals surface area contributed by atoms with E-state index < -0.39 is 4.92 Å². The second-order valence-electron chi connectivity index (χ2n) is 4.63. The Morgan fingerprint density at radius 2 is 2.10 bits per heavy atom. The number of nitro groups is 1. The molecule has 0 aliphatic carbocycles. The van der Waals surface area contributed by atoms with Crippen molar-refractivity contribution in [2.24, 2.45) is 16.8 Å². The van der Waals surface area contributed by atoms with Gasteiger partial charge in [-0.2, -0.15) is 0 Å². The van der Waals surface area contributed by atoms with Gasteiger partial charge in [-0.25, -0.2) is 0 Å². The van der Waals surface area contributed by atoms with Gasteiger partial charge in [0.2, 0.25) is 5.91 Å². The molecule has 6 nitrogen and oxygen atoms in total. The zero-order valence-electron chi connectivity index (χ0n) is 11.2. The number of nitro benzene ring substituents is 1. The summed E-state index contributed by atoms with van der Waals surface area (Å²) in [5, 5.41) is 14.2. The predicted molar refractivity (Wildman–Crippen MR) is 80.2 cm³/mol. The lowest BCUT2D eigenvalue weighted by molar-refractivity contribution is -0.384. The number of non-ortho nitro benzene ring substituents is 1. The van der Waals surface area contributed by atoms with Crippen LogP contribution in [0.15, 0.2) is 29.3 Å². The van der Waals surface area contributed by atoms with Gasteiger partial charge in [0, 0.05) is 24.4 Å². The monoisotopic (exact) mass is 293 g/mol. The highest BCUT2D eigenvalue weighted by atomic mass is 32.2. The Labute approximate surface area is 120 Å². The van der Waals surface area contributed by atoms with Crippen LogP contribution in [0.25, 0.3) is 0 Å². The molecule has 0 aromatic heterocycles. The summed E-state index contributed by atoms with van der Waals surface area (Å²) < 4.78 is 0. The van der Waals surface area contributed by atoms with Crippen LogP contribution in [-0.2, 0) is 4.79 Å². The number of amides is 1. The SMILES string of the molecule is CSC1=NCC(C)C1C(=O)Nc1ccc([N+](=O)[O-])cc1. The number of benzene rings is 1. The first kappa shape index (κ1) is 14.5. The number of carbonyl (C=O) groups is 1. The molecule has 1 aromatic rings. The summed E-state index contributed by atoms with van der Waals surface area (Å²) in [6.07, 6.45) is 1.91. The molecule has 0 saturated heterocycles. The van der Waals surface area contributed by atoms with Crippen LogP contribution in [0, 0.1) is 22.0 Å². The van der Waals surface area contributed by atoms with Gasteiger partial charge in [0.05, 0.1) is 15.9 Å². The lowest BCUT2D eigenvalue weighted by atomic mass is 9.97. The largest absolute Gasteiger partial charge is 0.325 e. The third-order valence-corrected chi connectivity index (χ3v) is 4.01. The minimum absolute atomic E-state index is 0.00333. The molecule has 1 aromatic carbocycles. The summed E-state index contributed by atoms with van der Waals surface area (Å²) >= 11 is 1.49. The van der Waals surface area contributed by atoms with Crippen molar-refractivity contribution in [2.75, 3.05) is 18.1 Å². The van der Waals surface area contributed by atoms with Gasteiger partial charge < -0.3 is 5.32 Å². The number of hydrogen-bond donors (Lipinski definition) is 1. The molecule has 1 aliphatic rings. The van der Waals surface area contributed by atoms with E-state index in [-0.39, 0.29) is 23.4 Å². The molecule has 0 saturated carbocycles. The average Bonchev–Trinajstić information content (AvgIpc) is 2.80. The van der Waals surface area contributed by atoms with Gasteiger partial charge >= 0.3 is 0 Å². The van der Waals surface area contributed by atoms with E-state index in [2.05, 4.69) is 10.3 Å². The van der Waals surface area contributed by atoms with Crippen molar-refractivity contribution in [1.29, 1.82) is 0 Å². The van der Waals surface area contributed by atoms with Crippen molar-refractivity contribution in [3.63, 3.8) is 0 Å². The Bertz CT molecular complexity index is 556. The minimum Gasteiger partial charge on any atom is -0.325 e. The standard InChI is InChI=1S/C13H15N3O3S/c1-8-7-14-13(20-2)11(8)12(17)15-9-3-5-10(6-4-9)16(18)19/h3-6,8,11H,7H2,1-2H3,(H,15,17). The first-order valence-electron chi connectivity index (χ1n) is 6.16. The number of thioether (sulfide) groups is 1. The molecule has 7 heteroatoms. The fraction of sp³-hybridized carbons (Fsp3) is 0.385. The number of hydrogen-bond acceptors (Lipinski definition) is 5. The van der Waals surface area contributed by atoms with E-state index in [4.69, 9.17) is 0 Å². The topological polar surface area (TPSA) is 84.6 Å². The number of anilines is 1. The van der Waals surface area contributed by atoms with E-state index in [1.807, 2.05) is 13.2 Å². The van der Waals surface area contributed by atoms with Gasteiger partial charge in [0.1, 0.15) is 0 Å². The lowest BCUT2D eigenvalue weighted by Crippen LogP contribution is -2.30. The first-order valence-corrected chi connectivity index (χ1v) is 7.39. The minimum atomic E-state index is -0.469. The van der Waals surface area contributed by atoms with Crippen LogP contribution in [0.2, 0.25) is 0 Å². The van der Waals surface area contributed by atoms with Gasteiger partial charge in [-0.1, -0.05) is 6.92 Å². The Morgan fingerprint density at radius 3 is 2.65 bits per heavy atom. The molecular formula is C13H15N3O3S. The van der Waals surface area contributed by atoms with E-state index in [1.54, 1.807) is 0 Å². The van der Waals surface area contributed by atoms with Crippen LogP contribution in [-0.4, -0.2) is 28.7 Å². The first-order chi connectivity index (χ1) is 9.52. The van der Waals surface area contributed by atoms with Crippen LogP contribution >= 0.6 is 11.8 Å². The highest BCUT2D eigenvalue weighted by Crippen LogP contribution is 2.28. The molecule has 20 heavy (non-hydrogen) atoms. The normalized spacial score (nSPS) is 21.4. The maximum Gasteiger partial charge on any atom is 0.269 e. The van der Waals surface area contributed by atoms with Crippen LogP contribution in [0.3, 0.4) is 0 Å². The molecule has 0 bridgehead atoms. The molecule has 0 spiro atoms. The zero-order valence-corrected chi connectivity index (χ0v) is 12.0. The molecule has 0 fully saturated rings. The molecule has 1 amide bonds. The van der Waals surface area contributed by atoms with Crippen molar-refractivity contribution >= 4 is 34.1 Å². The third kappa shape index (κ3) is 2.98. The molecule has 1 heterocycles. The third-order valence-electron chi connectivity index (χ3n) is 3.21. The molecule has 1 aliphatic heterocycles. The van der Waals surface area contributed by atoms with Gasteiger partial charge in [-0.15, -0.1) is 11.8 Å². The molecule has 2 unspecified atom stereocenters. The lowest BCUT2D eigenvalue weighted by Gasteiger charge is -2.16. The Morgan fingerprint density at radius 1 is 1.45 bits per heavy atom. The highest BCUT2D eigenvalue weighted by Gasteiger charge is 2.34. The second-order valence-corrected chi connectivity index (χ2v) is 5.46. The Balaban J connectivity index is 2.08. The maximum atomic E-state index is 12.3. The summed E-state index contributed by atoms with van der Waals surface area (Å²) in [5.74, 6) is -0.173. The number of carbonyl (C=O) groups excluding carboxylic acids is 1. The molecule has 0 radical (unpaired) electrons. The van der Waals surface area contributed by atoms with Crippen LogP contribution in [0.1, 0.15) is 6.92 Å². The van der Waals surface area contributed by atoms with Gasteiger partial charge in [-0.3, -0.25) is 19.9 Å². The highest BCUT2D eigenvalue weighted by molar-refractivity contribution is 8.13.